The smallest absolute Gasteiger partial charge is 0.0728 e. The summed E-state index contributed by atoms with van der Waals surface area (Å²) in [6.45, 7) is 9.82. The van der Waals surface area contributed by atoms with Crippen LogP contribution in [0.4, 0.5) is 0 Å². The van der Waals surface area contributed by atoms with Crippen LogP contribution in [-0.2, 0) is 6.42 Å². The number of allylic oxidation sites excluding steroid dienone is 2. The van der Waals surface area contributed by atoms with E-state index in [0.717, 1.165) is 5.92 Å². The third-order valence-electron chi connectivity index (χ3n) is 3.84. The maximum atomic E-state index is 2.47. The largest absolute Gasteiger partial charge is 0.0773 e. The average Bonchev–Trinajstić information content (AvgIpc) is 3.06. The van der Waals surface area contributed by atoms with E-state index in [1.165, 1.54) is 24.8 Å². The molecular weight excluding hydrogens is 220 g/mol. The van der Waals surface area contributed by atoms with E-state index in [9.17, 15) is 0 Å². The summed E-state index contributed by atoms with van der Waals surface area (Å²) in [7, 11) is -0.978. The Morgan fingerprint density at radius 1 is 1.12 bits per heavy atom. The van der Waals surface area contributed by atoms with Crippen molar-refractivity contribution in [3.63, 3.8) is 0 Å². The molecule has 0 spiro atoms. The van der Waals surface area contributed by atoms with Gasteiger partial charge in [0.1, 0.15) is 0 Å². The van der Waals surface area contributed by atoms with Gasteiger partial charge < -0.3 is 0 Å². The first kappa shape index (κ1) is 12.6. The molecule has 17 heavy (non-hydrogen) atoms. The normalized spacial score (nSPS) is 17.2. The van der Waals surface area contributed by atoms with Gasteiger partial charge in [-0.1, -0.05) is 67.7 Å². The molecule has 0 aliphatic heterocycles. The lowest BCUT2D eigenvalue weighted by molar-refractivity contribution is 0.627. The third-order valence-corrected chi connectivity index (χ3v) is 6.15. The Bertz CT molecular complexity index is 409. The third kappa shape index (κ3) is 3.32. The number of hydrogen-bond acceptors (Lipinski definition) is 0. The van der Waals surface area contributed by atoms with Crippen molar-refractivity contribution >= 4 is 8.07 Å². The molecular formula is C16H24Si. The summed E-state index contributed by atoms with van der Waals surface area (Å²) >= 11 is 0. The molecule has 0 saturated heterocycles. The predicted octanol–water partition coefficient (Wildman–Crippen LogP) is 4.83. The fraction of sp³-hybridized carbons (Fsp3) is 0.500. The van der Waals surface area contributed by atoms with Crippen molar-refractivity contribution in [1.82, 2.24) is 0 Å². The van der Waals surface area contributed by atoms with Crippen LogP contribution in [0, 0.1) is 5.92 Å². The highest BCUT2D eigenvalue weighted by Gasteiger charge is 2.35. The number of aryl methyl sites for hydroxylation is 1. The lowest BCUT2D eigenvalue weighted by Crippen LogP contribution is -2.18. The summed E-state index contributed by atoms with van der Waals surface area (Å²) < 4.78 is 0. The van der Waals surface area contributed by atoms with Gasteiger partial charge >= 0.3 is 0 Å². The van der Waals surface area contributed by atoms with Gasteiger partial charge in [0, 0.05) is 0 Å². The fourth-order valence-electron chi connectivity index (χ4n) is 2.57. The molecule has 1 aliphatic carbocycles. The summed E-state index contributed by atoms with van der Waals surface area (Å²) in [6, 6.07) is 10.9. The Hall–Kier alpha value is -0.823. The van der Waals surface area contributed by atoms with Crippen LogP contribution in [0.15, 0.2) is 41.1 Å². The second-order valence-electron chi connectivity index (χ2n) is 6.36. The monoisotopic (exact) mass is 244 g/mol. The van der Waals surface area contributed by atoms with Crippen LogP contribution < -0.4 is 0 Å². The van der Waals surface area contributed by atoms with Crippen LogP contribution in [-0.4, -0.2) is 8.07 Å². The van der Waals surface area contributed by atoms with Crippen molar-refractivity contribution in [3.05, 3.63) is 46.7 Å². The quantitative estimate of drug-likeness (QED) is 0.651. The van der Waals surface area contributed by atoms with E-state index < -0.39 is 8.07 Å². The van der Waals surface area contributed by atoms with Gasteiger partial charge in [0.15, 0.2) is 0 Å². The molecule has 1 atom stereocenters. The first-order chi connectivity index (χ1) is 7.98. The molecule has 0 fully saturated rings. The van der Waals surface area contributed by atoms with E-state index in [0.29, 0.717) is 0 Å². The molecule has 0 N–H and O–H groups in total. The van der Waals surface area contributed by atoms with Crippen molar-refractivity contribution in [2.24, 2.45) is 5.92 Å². The number of benzene rings is 1. The van der Waals surface area contributed by atoms with E-state index in [4.69, 9.17) is 0 Å². The van der Waals surface area contributed by atoms with Crippen molar-refractivity contribution in [2.45, 2.75) is 45.8 Å². The minimum absolute atomic E-state index is 0.803. The second-order valence-corrected chi connectivity index (χ2v) is 11.5. The van der Waals surface area contributed by atoms with Crippen molar-refractivity contribution in [2.75, 3.05) is 0 Å². The Morgan fingerprint density at radius 3 is 2.29 bits per heavy atom. The lowest BCUT2D eigenvalue weighted by atomic mass is 9.99. The molecule has 0 amide bonds. The van der Waals surface area contributed by atoms with Gasteiger partial charge in [-0.2, -0.15) is 0 Å². The average molecular weight is 244 g/mol. The predicted molar refractivity (Wildman–Crippen MR) is 78.9 cm³/mol. The Morgan fingerprint density at radius 2 is 1.76 bits per heavy atom. The van der Waals surface area contributed by atoms with Gasteiger partial charge in [-0.15, -0.1) is 0 Å². The zero-order valence-electron chi connectivity index (χ0n) is 11.6. The molecule has 0 saturated carbocycles. The molecule has 0 radical (unpaired) electrons. The van der Waals surface area contributed by atoms with Crippen molar-refractivity contribution < 1.29 is 0 Å². The van der Waals surface area contributed by atoms with Crippen LogP contribution in [0.1, 0.15) is 25.3 Å². The van der Waals surface area contributed by atoms with Gasteiger partial charge in [0.25, 0.3) is 0 Å². The minimum atomic E-state index is -0.978. The van der Waals surface area contributed by atoms with Crippen molar-refractivity contribution in [1.29, 1.82) is 0 Å². The molecule has 2 rings (SSSR count). The molecule has 1 aromatic rings. The van der Waals surface area contributed by atoms with E-state index in [1.807, 2.05) is 5.20 Å². The molecule has 1 aliphatic rings. The van der Waals surface area contributed by atoms with E-state index >= 15 is 0 Å². The highest BCUT2D eigenvalue weighted by atomic mass is 28.3. The maximum Gasteiger partial charge on any atom is 0.0728 e. The lowest BCUT2D eigenvalue weighted by Gasteiger charge is -2.11. The van der Waals surface area contributed by atoms with Gasteiger partial charge in [-0.3, -0.25) is 0 Å². The molecule has 0 nitrogen and oxygen atoms in total. The Kier molecular flexibility index (Phi) is 3.57. The number of rotatable bonds is 5. The van der Waals surface area contributed by atoms with E-state index in [1.54, 1.807) is 5.57 Å². The maximum absolute atomic E-state index is 2.47. The first-order valence-electron chi connectivity index (χ1n) is 6.75. The van der Waals surface area contributed by atoms with Crippen LogP contribution in [0.5, 0.6) is 0 Å². The van der Waals surface area contributed by atoms with Crippen LogP contribution in [0.25, 0.3) is 0 Å². The van der Waals surface area contributed by atoms with Crippen molar-refractivity contribution in [3.8, 4) is 0 Å². The summed E-state index contributed by atoms with van der Waals surface area (Å²) in [6.07, 6.45) is 3.89. The van der Waals surface area contributed by atoms with Gasteiger partial charge in [-0.05, 0) is 30.7 Å². The second kappa shape index (κ2) is 4.81. The summed E-state index contributed by atoms with van der Waals surface area (Å²) in [5.41, 5.74) is 3.27. The number of hydrogen-bond donors (Lipinski definition) is 0. The first-order valence-corrected chi connectivity index (χ1v) is 10.2. The highest BCUT2D eigenvalue weighted by molar-refractivity contribution is 6.84. The fourth-order valence-corrected chi connectivity index (χ4v) is 4.50. The van der Waals surface area contributed by atoms with Gasteiger partial charge in [-0.25, -0.2) is 0 Å². The molecule has 1 heteroatoms. The summed E-state index contributed by atoms with van der Waals surface area (Å²) in [5, 5.41) is 1.85. The topological polar surface area (TPSA) is 0 Å². The summed E-state index contributed by atoms with van der Waals surface area (Å²) in [5.74, 6) is 0.803. The van der Waals surface area contributed by atoms with Gasteiger partial charge in [0.2, 0.25) is 0 Å². The highest BCUT2D eigenvalue weighted by Crippen LogP contribution is 2.44. The Labute approximate surface area is 107 Å². The zero-order valence-corrected chi connectivity index (χ0v) is 12.6. The van der Waals surface area contributed by atoms with Crippen LogP contribution in [0.3, 0.4) is 0 Å². The molecule has 0 heterocycles. The molecule has 1 unspecified atom stereocenters. The van der Waals surface area contributed by atoms with Gasteiger partial charge in [0.05, 0.1) is 8.07 Å². The van der Waals surface area contributed by atoms with E-state index in [2.05, 4.69) is 56.9 Å². The zero-order chi connectivity index (χ0) is 12.5. The van der Waals surface area contributed by atoms with Crippen LogP contribution in [0.2, 0.25) is 19.6 Å². The Balaban J connectivity index is 1.88. The van der Waals surface area contributed by atoms with Crippen LogP contribution >= 0.6 is 0 Å². The minimum Gasteiger partial charge on any atom is -0.0773 e. The standard InChI is InChI=1S/C16H24Si/c1-13(15-12-16(15)17(2,3)4)10-11-14-8-6-5-7-9-14/h5-9,13H,10-12H2,1-4H3. The van der Waals surface area contributed by atoms with E-state index in [-0.39, 0.29) is 0 Å². The molecule has 0 bridgehead atoms. The molecule has 92 valence electrons. The summed E-state index contributed by atoms with van der Waals surface area (Å²) in [4.78, 5) is 0. The SMILES string of the molecule is CC(CCc1ccccc1)C1=C([Si](C)(C)C)C1. The molecule has 1 aromatic carbocycles. The molecule has 0 aromatic heterocycles.